The number of hydrogen-bond acceptors (Lipinski definition) is 5. The maximum absolute atomic E-state index is 12.1. The van der Waals surface area contributed by atoms with Gasteiger partial charge in [-0.25, -0.2) is 0 Å². The molecule has 0 fully saturated rings. The van der Waals surface area contributed by atoms with Crippen molar-refractivity contribution in [3.05, 3.63) is 58.5 Å². The molecule has 108 valence electrons. The van der Waals surface area contributed by atoms with Crippen LogP contribution in [-0.4, -0.2) is 36.9 Å². The number of furan rings is 1. The Balaban J connectivity index is 2.16. The maximum atomic E-state index is 12.1. The lowest BCUT2D eigenvalue weighted by molar-refractivity contribution is 0.0800. The first kappa shape index (κ1) is 15.0. The fourth-order valence-electron chi connectivity index (χ4n) is 1.56. The largest absolute Gasteiger partial charge is 0.451 e. The lowest BCUT2D eigenvalue weighted by atomic mass is 10.1. The molecule has 0 saturated heterocycles. The molecule has 0 spiro atoms. The molecule has 2 rings (SSSR count). The van der Waals surface area contributed by atoms with Gasteiger partial charge in [-0.1, -0.05) is 11.6 Å². The Morgan fingerprint density at radius 3 is 2.38 bits per heavy atom. The predicted molar refractivity (Wildman–Crippen MR) is 80.1 cm³/mol. The number of hydrogen-bond donors (Lipinski definition) is 0. The summed E-state index contributed by atoms with van der Waals surface area (Å²) in [6.45, 7) is 0. The first-order valence-electron chi connectivity index (χ1n) is 6.13. The smallest absolute Gasteiger partial charge is 0.268 e. The summed E-state index contributed by atoms with van der Waals surface area (Å²) >= 11 is 5.74. The van der Waals surface area contributed by atoms with Gasteiger partial charge in [0.15, 0.2) is 5.76 Å². The number of halogens is 1. The third-order valence-corrected chi connectivity index (χ3v) is 2.83. The van der Waals surface area contributed by atoms with Crippen LogP contribution in [0, 0.1) is 0 Å². The van der Waals surface area contributed by atoms with Gasteiger partial charge in [0.25, 0.3) is 5.78 Å². The molecule has 1 aromatic heterocycles. The topological polar surface area (TPSA) is 62.9 Å². The molecule has 5 nitrogen and oxygen atoms in total. The number of nitrogens with zero attached hydrogens (tertiary/aromatic N) is 2. The van der Waals surface area contributed by atoms with E-state index >= 15 is 0 Å². The number of rotatable bonds is 5. The zero-order valence-electron chi connectivity index (χ0n) is 11.5. The van der Waals surface area contributed by atoms with Crippen LogP contribution in [0.25, 0.3) is 0 Å². The van der Waals surface area contributed by atoms with Crippen molar-refractivity contribution in [3.63, 3.8) is 0 Å². The minimum absolute atomic E-state index is 0.0184. The van der Waals surface area contributed by atoms with Crippen LogP contribution in [0.5, 0.6) is 0 Å². The highest BCUT2D eigenvalue weighted by molar-refractivity contribution is 6.48. The number of benzene rings is 1. The van der Waals surface area contributed by atoms with E-state index in [1.54, 1.807) is 37.3 Å². The Kier molecular flexibility index (Phi) is 4.55. The summed E-state index contributed by atoms with van der Waals surface area (Å²) in [5, 5.41) is 6.07. The van der Waals surface area contributed by atoms with Gasteiger partial charge in [0.2, 0.25) is 5.78 Å². The van der Waals surface area contributed by atoms with E-state index < -0.39 is 11.6 Å². The number of ketones is 2. The van der Waals surface area contributed by atoms with Crippen LogP contribution in [0.1, 0.15) is 26.7 Å². The Labute approximate surface area is 126 Å². The molecular formula is C15H13ClN2O3. The molecule has 0 saturated carbocycles. The zero-order valence-corrected chi connectivity index (χ0v) is 12.3. The molecule has 0 unspecified atom stereocenters. The van der Waals surface area contributed by atoms with Crippen LogP contribution in [0.2, 0.25) is 5.02 Å². The van der Waals surface area contributed by atoms with E-state index in [1.807, 2.05) is 0 Å². The fourth-order valence-corrected chi connectivity index (χ4v) is 1.69. The summed E-state index contributed by atoms with van der Waals surface area (Å²) in [5.74, 6) is -0.968. The van der Waals surface area contributed by atoms with Gasteiger partial charge in [0.1, 0.15) is 5.76 Å². The van der Waals surface area contributed by atoms with Crippen molar-refractivity contribution in [1.82, 2.24) is 5.01 Å². The van der Waals surface area contributed by atoms with Crippen molar-refractivity contribution in [1.29, 1.82) is 0 Å². The van der Waals surface area contributed by atoms with Crippen molar-refractivity contribution in [3.8, 4) is 0 Å². The van der Waals surface area contributed by atoms with E-state index in [2.05, 4.69) is 5.10 Å². The summed E-state index contributed by atoms with van der Waals surface area (Å²) in [5.41, 5.74) is 0.268. The third kappa shape index (κ3) is 3.79. The second kappa shape index (κ2) is 6.37. The summed E-state index contributed by atoms with van der Waals surface area (Å²) < 4.78 is 5.29. The second-order valence-corrected chi connectivity index (χ2v) is 4.90. The minimum atomic E-state index is -0.707. The quantitative estimate of drug-likeness (QED) is 0.369. The monoisotopic (exact) mass is 304 g/mol. The van der Waals surface area contributed by atoms with E-state index in [0.29, 0.717) is 10.8 Å². The van der Waals surface area contributed by atoms with Crippen molar-refractivity contribution >= 4 is 29.4 Å². The summed E-state index contributed by atoms with van der Waals surface area (Å²) in [7, 11) is 3.52. The Hall–Kier alpha value is -2.40. The molecule has 0 aliphatic heterocycles. The lowest BCUT2D eigenvalue weighted by Gasteiger charge is -2.00. The van der Waals surface area contributed by atoms with Crippen molar-refractivity contribution in [2.24, 2.45) is 5.10 Å². The van der Waals surface area contributed by atoms with E-state index in [9.17, 15) is 9.59 Å². The van der Waals surface area contributed by atoms with Crippen LogP contribution in [0.4, 0.5) is 0 Å². The first-order valence-corrected chi connectivity index (χ1v) is 6.51. The normalized spacial score (nSPS) is 10.8. The molecule has 1 heterocycles. The maximum Gasteiger partial charge on any atom is 0.268 e. The molecule has 6 heteroatoms. The Bertz CT molecular complexity index is 687. The standard InChI is InChI=1S/C15H13ClN2O3/c1-18(2)17-9-12-7-8-13(21-12)15(20)14(19)10-3-5-11(16)6-4-10/h3-9H,1-2H3/b17-9-. The van der Waals surface area contributed by atoms with E-state index in [-0.39, 0.29) is 11.3 Å². The van der Waals surface area contributed by atoms with Crippen LogP contribution in [0.15, 0.2) is 45.9 Å². The predicted octanol–water partition coefficient (Wildman–Crippen LogP) is 2.89. The van der Waals surface area contributed by atoms with Gasteiger partial charge in [-0.2, -0.15) is 5.10 Å². The average Bonchev–Trinajstić information content (AvgIpc) is 2.93. The molecule has 0 radical (unpaired) electrons. The van der Waals surface area contributed by atoms with Crippen molar-refractivity contribution in [2.45, 2.75) is 0 Å². The minimum Gasteiger partial charge on any atom is -0.451 e. The average molecular weight is 305 g/mol. The SMILES string of the molecule is CN(C)/N=C\c1ccc(C(=O)C(=O)c2ccc(Cl)cc2)o1. The number of carbonyl (C=O) groups is 2. The molecule has 0 atom stereocenters. The van der Waals surface area contributed by atoms with E-state index in [4.69, 9.17) is 16.0 Å². The highest BCUT2D eigenvalue weighted by Crippen LogP contribution is 2.14. The number of carbonyl (C=O) groups excluding carboxylic acids is 2. The van der Waals surface area contributed by atoms with E-state index in [1.165, 1.54) is 24.4 Å². The van der Waals surface area contributed by atoms with Crippen LogP contribution in [-0.2, 0) is 0 Å². The van der Waals surface area contributed by atoms with E-state index in [0.717, 1.165) is 0 Å². The van der Waals surface area contributed by atoms with Crippen LogP contribution < -0.4 is 0 Å². The first-order chi connectivity index (χ1) is 9.97. The number of Topliss-reactive ketones (excluding diaryl/α,β-unsaturated/α-hetero) is 2. The van der Waals surface area contributed by atoms with Gasteiger partial charge >= 0.3 is 0 Å². The molecule has 0 aliphatic rings. The fraction of sp³-hybridized carbons (Fsp3) is 0.133. The second-order valence-electron chi connectivity index (χ2n) is 4.46. The highest BCUT2D eigenvalue weighted by Gasteiger charge is 2.21. The summed E-state index contributed by atoms with van der Waals surface area (Å²) in [6.07, 6.45) is 1.46. The van der Waals surface area contributed by atoms with Gasteiger partial charge in [0.05, 0.1) is 6.21 Å². The van der Waals surface area contributed by atoms with Crippen LogP contribution in [0.3, 0.4) is 0 Å². The zero-order chi connectivity index (χ0) is 15.4. The summed E-state index contributed by atoms with van der Waals surface area (Å²) in [4.78, 5) is 24.1. The molecular weight excluding hydrogens is 292 g/mol. The van der Waals surface area contributed by atoms with Gasteiger partial charge in [-0.05, 0) is 36.4 Å². The van der Waals surface area contributed by atoms with Gasteiger partial charge in [-0.3, -0.25) is 9.59 Å². The van der Waals surface area contributed by atoms with Gasteiger partial charge < -0.3 is 9.43 Å². The van der Waals surface area contributed by atoms with Crippen LogP contribution >= 0.6 is 11.6 Å². The molecule has 2 aromatic rings. The molecule has 21 heavy (non-hydrogen) atoms. The molecule has 1 aromatic carbocycles. The summed E-state index contributed by atoms with van der Waals surface area (Å²) in [6, 6.07) is 9.14. The van der Waals surface area contributed by atoms with Crippen molar-refractivity contribution in [2.75, 3.05) is 14.1 Å². The molecule has 0 amide bonds. The van der Waals surface area contributed by atoms with Gasteiger partial charge in [0, 0.05) is 24.7 Å². The third-order valence-electron chi connectivity index (χ3n) is 2.58. The molecule has 0 aliphatic carbocycles. The Morgan fingerprint density at radius 2 is 1.76 bits per heavy atom. The number of hydrazone groups is 1. The van der Waals surface area contributed by atoms with Crippen molar-refractivity contribution < 1.29 is 14.0 Å². The Morgan fingerprint density at radius 1 is 1.10 bits per heavy atom. The van der Waals surface area contributed by atoms with Gasteiger partial charge in [-0.15, -0.1) is 0 Å². The molecule has 0 bridgehead atoms. The molecule has 0 N–H and O–H groups in total. The lowest BCUT2D eigenvalue weighted by Crippen LogP contribution is -2.13. The highest BCUT2D eigenvalue weighted by atomic mass is 35.5.